The van der Waals surface area contributed by atoms with Crippen molar-refractivity contribution in [3.63, 3.8) is 0 Å². The van der Waals surface area contributed by atoms with Gasteiger partial charge in [0.1, 0.15) is 0 Å². The predicted molar refractivity (Wildman–Crippen MR) is 73.2 cm³/mol. The number of carboxylic acids is 1. The molecule has 1 aromatic carbocycles. The zero-order valence-electron chi connectivity index (χ0n) is 11.5. The molecule has 1 heterocycles. The van der Waals surface area contributed by atoms with Crippen LogP contribution in [-0.4, -0.2) is 63.8 Å². The molecular weight excluding hydrogens is 294 g/mol. The number of hydrogen-bond acceptors (Lipinski definition) is 5. The molecule has 0 bridgehead atoms. The van der Waals surface area contributed by atoms with Gasteiger partial charge in [0, 0.05) is 43.9 Å². The molecule has 9 nitrogen and oxygen atoms in total. The smallest absolute Gasteiger partial charge is 0.394 e. The van der Waals surface area contributed by atoms with E-state index in [2.05, 4.69) is 0 Å². The molecule has 22 heavy (non-hydrogen) atoms. The molecule has 1 aromatic rings. The van der Waals surface area contributed by atoms with Gasteiger partial charge in [-0.15, -0.1) is 0 Å². The van der Waals surface area contributed by atoms with Crippen LogP contribution in [0.2, 0.25) is 0 Å². The van der Waals surface area contributed by atoms with Crippen LogP contribution < -0.4 is 0 Å². The monoisotopic (exact) mass is 307 g/mol. The third-order valence-electron chi connectivity index (χ3n) is 3.34. The first-order valence-electron chi connectivity index (χ1n) is 6.46. The van der Waals surface area contributed by atoms with Gasteiger partial charge in [-0.1, -0.05) is 6.07 Å². The van der Waals surface area contributed by atoms with Crippen LogP contribution in [0.15, 0.2) is 24.3 Å². The molecule has 9 heteroatoms. The number of carbonyl (C=O) groups excluding carboxylic acids is 2. The minimum atomic E-state index is -1.53. The molecule has 1 fully saturated rings. The van der Waals surface area contributed by atoms with E-state index < -0.39 is 16.8 Å². The summed E-state index contributed by atoms with van der Waals surface area (Å²) in [5, 5.41) is 19.3. The third-order valence-corrected chi connectivity index (χ3v) is 3.34. The largest absolute Gasteiger partial charge is 0.474 e. The highest BCUT2D eigenvalue weighted by atomic mass is 16.6. The van der Waals surface area contributed by atoms with Crippen molar-refractivity contribution in [3.05, 3.63) is 39.9 Å². The fourth-order valence-electron chi connectivity index (χ4n) is 2.18. The lowest BCUT2D eigenvalue weighted by atomic mass is 10.1. The molecule has 0 aromatic heterocycles. The fourth-order valence-corrected chi connectivity index (χ4v) is 2.18. The minimum absolute atomic E-state index is 0.117. The zero-order chi connectivity index (χ0) is 16.3. The molecule has 1 aliphatic heterocycles. The van der Waals surface area contributed by atoms with Crippen molar-refractivity contribution >= 4 is 23.5 Å². The van der Waals surface area contributed by atoms with E-state index in [-0.39, 0.29) is 43.3 Å². The van der Waals surface area contributed by atoms with Crippen molar-refractivity contribution in [1.29, 1.82) is 0 Å². The highest BCUT2D eigenvalue weighted by molar-refractivity contribution is 6.31. The number of piperazine rings is 1. The standard InChI is InChI=1S/C13H13N3O6/c17-11(9-2-1-3-10(8-9)16(21)22)14-4-6-15(7-5-14)12(18)13(19)20/h1-3,8H,4-7H2,(H,19,20). The summed E-state index contributed by atoms with van der Waals surface area (Å²) < 4.78 is 0. The van der Waals surface area contributed by atoms with Gasteiger partial charge in [-0.2, -0.15) is 0 Å². The van der Waals surface area contributed by atoms with Crippen molar-refractivity contribution in [2.24, 2.45) is 0 Å². The highest BCUT2D eigenvalue weighted by Crippen LogP contribution is 2.16. The Morgan fingerprint density at radius 3 is 2.23 bits per heavy atom. The Bertz CT molecular complexity index is 636. The van der Waals surface area contributed by atoms with Crippen LogP contribution in [0.5, 0.6) is 0 Å². The molecule has 0 unspecified atom stereocenters. The third kappa shape index (κ3) is 3.19. The first-order chi connectivity index (χ1) is 10.4. The molecule has 1 saturated heterocycles. The van der Waals surface area contributed by atoms with E-state index in [1.807, 2.05) is 0 Å². The number of rotatable bonds is 2. The first kappa shape index (κ1) is 15.4. The van der Waals surface area contributed by atoms with E-state index in [4.69, 9.17) is 5.11 Å². The summed E-state index contributed by atoms with van der Waals surface area (Å²) in [5.41, 5.74) is 0.0118. The predicted octanol–water partition coefficient (Wildman–Crippen LogP) is -0.0362. The zero-order valence-corrected chi connectivity index (χ0v) is 11.5. The summed E-state index contributed by atoms with van der Waals surface area (Å²) in [6, 6.07) is 5.39. The topological polar surface area (TPSA) is 121 Å². The first-order valence-corrected chi connectivity index (χ1v) is 6.46. The van der Waals surface area contributed by atoms with Gasteiger partial charge in [0.15, 0.2) is 0 Å². The summed E-state index contributed by atoms with van der Waals surface area (Å²) >= 11 is 0. The van der Waals surface area contributed by atoms with Gasteiger partial charge in [0.2, 0.25) is 0 Å². The van der Waals surface area contributed by atoms with E-state index in [9.17, 15) is 24.5 Å². The number of nitrogens with zero attached hydrogens (tertiary/aromatic N) is 3. The molecule has 1 N–H and O–H groups in total. The van der Waals surface area contributed by atoms with Gasteiger partial charge in [-0.05, 0) is 6.07 Å². The molecule has 0 atom stereocenters. The van der Waals surface area contributed by atoms with Crippen molar-refractivity contribution in [1.82, 2.24) is 9.80 Å². The van der Waals surface area contributed by atoms with Crippen LogP contribution in [0.25, 0.3) is 0 Å². The van der Waals surface area contributed by atoms with Crippen LogP contribution in [0.4, 0.5) is 5.69 Å². The lowest BCUT2D eigenvalue weighted by Gasteiger charge is -2.33. The second kappa shape index (κ2) is 6.20. The average Bonchev–Trinajstić information content (AvgIpc) is 2.53. The van der Waals surface area contributed by atoms with Gasteiger partial charge in [-0.3, -0.25) is 19.7 Å². The van der Waals surface area contributed by atoms with E-state index in [0.717, 1.165) is 4.90 Å². The van der Waals surface area contributed by atoms with Crippen LogP contribution in [-0.2, 0) is 9.59 Å². The lowest BCUT2D eigenvalue weighted by molar-refractivity contribution is -0.384. The van der Waals surface area contributed by atoms with Gasteiger partial charge < -0.3 is 14.9 Å². The number of benzene rings is 1. The van der Waals surface area contributed by atoms with Crippen molar-refractivity contribution in [3.8, 4) is 0 Å². The van der Waals surface area contributed by atoms with E-state index >= 15 is 0 Å². The van der Waals surface area contributed by atoms with Gasteiger partial charge >= 0.3 is 11.9 Å². The number of carbonyl (C=O) groups is 3. The quantitative estimate of drug-likeness (QED) is 0.465. The van der Waals surface area contributed by atoms with E-state index in [0.29, 0.717) is 0 Å². The number of non-ortho nitro benzene ring substituents is 1. The van der Waals surface area contributed by atoms with Gasteiger partial charge in [0.05, 0.1) is 4.92 Å². The molecule has 2 rings (SSSR count). The van der Waals surface area contributed by atoms with Crippen LogP contribution in [0.1, 0.15) is 10.4 Å². The molecule has 0 aliphatic carbocycles. The molecule has 0 spiro atoms. The Kier molecular flexibility index (Phi) is 4.35. The van der Waals surface area contributed by atoms with Crippen LogP contribution >= 0.6 is 0 Å². The SMILES string of the molecule is O=C(O)C(=O)N1CCN(C(=O)c2cccc([N+](=O)[O-])c2)CC1. The maximum atomic E-state index is 12.3. The molecule has 2 amide bonds. The summed E-state index contributed by atoms with van der Waals surface area (Å²) in [5.74, 6) is -2.91. The second-order valence-corrected chi connectivity index (χ2v) is 4.70. The molecular formula is C13H13N3O6. The average molecular weight is 307 g/mol. The van der Waals surface area contributed by atoms with Crippen molar-refractivity contribution in [2.75, 3.05) is 26.2 Å². The maximum absolute atomic E-state index is 12.3. The molecule has 116 valence electrons. The molecule has 1 aliphatic rings. The van der Waals surface area contributed by atoms with Crippen LogP contribution in [0, 0.1) is 10.1 Å². The highest BCUT2D eigenvalue weighted by Gasteiger charge is 2.28. The van der Waals surface area contributed by atoms with E-state index in [1.54, 1.807) is 0 Å². The van der Waals surface area contributed by atoms with Crippen molar-refractivity contribution in [2.45, 2.75) is 0 Å². The van der Waals surface area contributed by atoms with Gasteiger partial charge in [0.25, 0.3) is 11.6 Å². The number of aliphatic carboxylic acids is 1. The maximum Gasteiger partial charge on any atom is 0.394 e. The summed E-state index contributed by atoms with van der Waals surface area (Å²) in [6.45, 7) is 0.596. The van der Waals surface area contributed by atoms with Crippen LogP contribution in [0.3, 0.4) is 0 Å². The fraction of sp³-hybridized carbons (Fsp3) is 0.308. The summed E-state index contributed by atoms with van der Waals surface area (Å²) in [4.78, 5) is 46.9. The minimum Gasteiger partial charge on any atom is -0.474 e. The number of nitro benzene ring substituents is 1. The molecule has 0 saturated carbocycles. The number of hydrogen-bond donors (Lipinski definition) is 1. The Morgan fingerprint density at radius 1 is 1.09 bits per heavy atom. The second-order valence-electron chi connectivity index (χ2n) is 4.70. The van der Waals surface area contributed by atoms with Crippen molar-refractivity contribution < 1.29 is 24.4 Å². The lowest BCUT2D eigenvalue weighted by Crippen LogP contribution is -2.52. The summed E-state index contributed by atoms with van der Waals surface area (Å²) in [6.07, 6.45) is 0. The Balaban J connectivity index is 2.04. The summed E-state index contributed by atoms with van der Waals surface area (Å²) in [7, 11) is 0. The van der Waals surface area contributed by atoms with Gasteiger partial charge in [-0.25, -0.2) is 4.79 Å². The Hall–Kier alpha value is -2.97. The van der Waals surface area contributed by atoms with E-state index in [1.165, 1.54) is 29.2 Å². The number of carboxylic acid groups (broad SMARTS) is 1. The normalized spacial score (nSPS) is 14.5. The number of amides is 2. The molecule has 0 radical (unpaired) electrons. The number of nitro groups is 1. The Labute approximate surface area is 124 Å². The Morgan fingerprint density at radius 2 is 1.68 bits per heavy atom.